The lowest BCUT2D eigenvalue weighted by molar-refractivity contribution is -0.139. The van der Waals surface area contributed by atoms with Gasteiger partial charge in [0.05, 0.1) is 25.8 Å². The SMILES string of the molecule is COc1ccc(CCN2C(=O)C(=O)/C(=C(/O)c3ccc4ccccc4c3)C2c2ccccc2OC)cc1. The Morgan fingerprint density at radius 3 is 2.27 bits per heavy atom. The number of carbonyl (C=O) groups excluding carboxylic acids is 2. The van der Waals surface area contributed by atoms with Crippen molar-refractivity contribution in [3.63, 3.8) is 0 Å². The van der Waals surface area contributed by atoms with Crippen LogP contribution in [0.15, 0.2) is 96.6 Å². The van der Waals surface area contributed by atoms with Crippen LogP contribution in [-0.4, -0.2) is 42.5 Å². The second kappa shape index (κ2) is 10.2. The van der Waals surface area contributed by atoms with Gasteiger partial charge in [-0.25, -0.2) is 0 Å². The van der Waals surface area contributed by atoms with Gasteiger partial charge in [-0.3, -0.25) is 9.59 Å². The third-order valence-corrected chi connectivity index (χ3v) is 6.80. The van der Waals surface area contributed by atoms with Gasteiger partial charge < -0.3 is 19.5 Å². The molecule has 1 unspecified atom stereocenters. The van der Waals surface area contributed by atoms with Gasteiger partial charge in [0.2, 0.25) is 0 Å². The predicted molar refractivity (Wildman–Crippen MR) is 143 cm³/mol. The minimum absolute atomic E-state index is 0.0551. The number of amides is 1. The van der Waals surface area contributed by atoms with Crippen molar-refractivity contribution >= 4 is 28.2 Å². The van der Waals surface area contributed by atoms with Gasteiger partial charge in [-0.2, -0.15) is 0 Å². The zero-order chi connectivity index (χ0) is 25.9. The number of benzene rings is 4. The number of rotatable bonds is 7. The average Bonchev–Trinajstić information content (AvgIpc) is 3.20. The molecular weight excluding hydrogens is 466 g/mol. The number of methoxy groups -OCH3 is 2. The van der Waals surface area contributed by atoms with Gasteiger partial charge in [0.15, 0.2) is 0 Å². The molecule has 1 fully saturated rings. The Morgan fingerprint density at radius 2 is 1.54 bits per heavy atom. The van der Waals surface area contributed by atoms with Gasteiger partial charge in [0.25, 0.3) is 11.7 Å². The molecule has 0 aromatic heterocycles. The Labute approximate surface area is 215 Å². The monoisotopic (exact) mass is 493 g/mol. The fraction of sp³-hybridized carbons (Fsp3) is 0.161. The molecule has 4 aromatic carbocycles. The number of ketones is 1. The first-order valence-corrected chi connectivity index (χ1v) is 12.0. The van der Waals surface area contributed by atoms with Gasteiger partial charge >= 0.3 is 0 Å². The van der Waals surface area contributed by atoms with E-state index >= 15 is 0 Å². The van der Waals surface area contributed by atoms with Crippen LogP contribution in [0.4, 0.5) is 0 Å². The van der Waals surface area contributed by atoms with Gasteiger partial charge in [0.1, 0.15) is 17.3 Å². The molecule has 0 spiro atoms. The fourth-order valence-corrected chi connectivity index (χ4v) is 4.86. The lowest BCUT2D eigenvalue weighted by atomic mass is 9.94. The molecule has 1 atom stereocenters. The van der Waals surface area contributed by atoms with E-state index in [1.54, 1.807) is 26.4 Å². The number of fused-ring (bicyclic) bond motifs is 1. The molecule has 6 nitrogen and oxygen atoms in total. The minimum atomic E-state index is -0.791. The van der Waals surface area contributed by atoms with E-state index in [0.717, 1.165) is 22.1 Å². The highest BCUT2D eigenvalue weighted by molar-refractivity contribution is 6.46. The number of aliphatic hydroxyl groups is 1. The molecule has 0 saturated carbocycles. The van der Waals surface area contributed by atoms with E-state index in [0.29, 0.717) is 23.3 Å². The second-order valence-corrected chi connectivity index (χ2v) is 8.89. The van der Waals surface area contributed by atoms with Crippen LogP contribution in [0.1, 0.15) is 22.7 Å². The minimum Gasteiger partial charge on any atom is -0.507 e. The van der Waals surface area contributed by atoms with E-state index in [1.165, 1.54) is 4.90 Å². The van der Waals surface area contributed by atoms with E-state index < -0.39 is 17.7 Å². The van der Waals surface area contributed by atoms with Crippen molar-refractivity contribution in [3.05, 3.63) is 113 Å². The van der Waals surface area contributed by atoms with E-state index in [-0.39, 0.29) is 17.9 Å². The summed E-state index contributed by atoms with van der Waals surface area (Å²) in [4.78, 5) is 28.3. The normalized spacial score (nSPS) is 16.8. The number of likely N-dealkylation sites (tertiary alicyclic amines) is 1. The number of nitrogens with zero attached hydrogens (tertiary/aromatic N) is 1. The highest BCUT2D eigenvalue weighted by atomic mass is 16.5. The molecule has 1 aliphatic rings. The van der Waals surface area contributed by atoms with E-state index in [2.05, 4.69) is 0 Å². The van der Waals surface area contributed by atoms with Crippen molar-refractivity contribution in [2.24, 2.45) is 0 Å². The standard InChI is InChI=1S/C31H27NO5/c1-36-24-15-11-20(12-16-24)17-18-32-28(25-9-5-6-10-26(25)37-2)27(30(34)31(32)35)29(33)23-14-13-21-7-3-4-8-22(21)19-23/h3-16,19,28,33H,17-18H2,1-2H3/b29-27+. The molecule has 1 aliphatic heterocycles. The number of carbonyl (C=O) groups is 2. The number of aliphatic hydroxyl groups excluding tert-OH is 1. The first kappa shape index (κ1) is 24.1. The van der Waals surface area contributed by atoms with Gasteiger partial charge in [-0.1, -0.05) is 66.7 Å². The molecular formula is C31H27NO5. The van der Waals surface area contributed by atoms with Crippen LogP contribution < -0.4 is 9.47 Å². The molecule has 1 saturated heterocycles. The van der Waals surface area contributed by atoms with Crippen LogP contribution in [0.5, 0.6) is 11.5 Å². The van der Waals surface area contributed by atoms with Crippen molar-refractivity contribution < 1.29 is 24.2 Å². The molecule has 37 heavy (non-hydrogen) atoms. The molecule has 1 N–H and O–H groups in total. The molecule has 5 rings (SSSR count). The smallest absolute Gasteiger partial charge is 0.295 e. The maximum Gasteiger partial charge on any atom is 0.295 e. The Bertz CT molecular complexity index is 1510. The van der Waals surface area contributed by atoms with Crippen LogP contribution in [0.2, 0.25) is 0 Å². The first-order valence-electron chi connectivity index (χ1n) is 12.0. The summed E-state index contributed by atoms with van der Waals surface area (Å²) in [6.45, 7) is 0.286. The molecule has 4 aromatic rings. The summed E-state index contributed by atoms with van der Waals surface area (Å²) in [6, 6.07) is 27.3. The summed E-state index contributed by atoms with van der Waals surface area (Å²) < 4.78 is 10.8. The highest BCUT2D eigenvalue weighted by Gasteiger charge is 2.46. The molecule has 6 heteroatoms. The molecule has 186 valence electrons. The van der Waals surface area contributed by atoms with Gasteiger partial charge in [-0.05, 0) is 47.0 Å². The Kier molecular flexibility index (Phi) is 6.64. The maximum atomic E-state index is 13.4. The number of para-hydroxylation sites is 1. The van der Waals surface area contributed by atoms with Crippen molar-refractivity contribution in [3.8, 4) is 11.5 Å². The van der Waals surface area contributed by atoms with Crippen LogP contribution in [-0.2, 0) is 16.0 Å². The maximum absolute atomic E-state index is 13.4. The summed E-state index contributed by atoms with van der Waals surface area (Å²) in [5.74, 6) is -0.281. The van der Waals surface area contributed by atoms with Crippen molar-refractivity contribution in [1.82, 2.24) is 4.90 Å². The summed E-state index contributed by atoms with van der Waals surface area (Å²) in [7, 11) is 3.16. The third-order valence-electron chi connectivity index (χ3n) is 6.80. The third kappa shape index (κ3) is 4.54. The predicted octanol–water partition coefficient (Wildman–Crippen LogP) is 5.52. The first-order chi connectivity index (χ1) is 18.0. The van der Waals surface area contributed by atoms with Crippen LogP contribution in [0.25, 0.3) is 16.5 Å². The van der Waals surface area contributed by atoms with E-state index in [9.17, 15) is 14.7 Å². The molecule has 0 aliphatic carbocycles. The average molecular weight is 494 g/mol. The summed E-state index contributed by atoms with van der Waals surface area (Å²) in [5, 5.41) is 13.4. The van der Waals surface area contributed by atoms with Crippen molar-refractivity contribution in [2.75, 3.05) is 20.8 Å². The quantitative estimate of drug-likeness (QED) is 0.208. The lowest BCUT2D eigenvalue weighted by Crippen LogP contribution is -2.31. The van der Waals surface area contributed by atoms with Gasteiger partial charge in [0, 0.05) is 17.7 Å². The zero-order valence-corrected chi connectivity index (χ0v) is 20.7. The summed E-state index contributed by atoms with van der Waals surface area (Å²) in [5.41, 5.74) is 2.17. The number of ether oxygens (including phenoxy) is 2. The molecule has 1 heterocycles. The van der Waals surface area contributed by atoms with Crippen LogP contribution in [0, 0.1) is 0 Å². The lowest BCUT2D eigenvalue weighted by Gasteiger charge is -2.26. The van der Waals surface area contributed by atoms with E-state index in [1.807, 2.05) is 78.9 Å². The van der Waals surface area contributed by atoms with Crippen LogP contribution >= 0.6 is 0 Å². The molecule has 0 radical (unpaired) electrons. The molecule has 1 amide bonds. The number of Topliss-reactive ketones (excluding diaryl/α,β-unsaturated/α-hetero) is 1. The Hall–Kier alpha value is -4.58. The fourth-order valence-electron chi connectivity index (χ4n) is 4.86. The Balaban J connectivity index is 1.59. The summed E-state index contributed by atoms with van der Waals surface area (Å²) >= 11 is 0. The van der Waals surface area contributed by atoms with Crippen molar-refractivity contribution in [2.45, 2.75) is 12.5 Å². The number of hydrogen-bond acceptors (Lipinski definition) is 5. The van der Waals surface area contributed by atoms with Gasteiger partial charge in [-0.15, -0.1) is 0 Å². The Morgan fingerprint density at radius 1 is 0.838 bits per heavy atom. The highest BCUT2D eigenvalue weighted by Crippen LogP contribution is 2.42. The zero-order valence-electron chi connectivity index (χ0n) is 20.7. The topological polar surface area (TPSA) is 76.1 Å². The summed E-state index contributed by atoms with van der Waals surface area (Å²) in [6.07, 6.45) is 0.526. The largest absolute Gasteiger partial charge is 0.507 e. The number of hydrogen-bond donors (Lipinski definition) is 1. The van der Waals surface area contributed by atoms with E-state index in [4.69, 9.17) is 9.47 Å². The molecule has 0 bridgehead atoms. The van der Waals surface area contributed by atoms with Crippen LogP contribution in [0.3, 0.4) is 0 Å². The van der Waals surface area contributed by atoms with Crippen molar-refractivity contribution in [1.29, 1.82) is 0 Å². The second-order valence-electron chi connectivity index (χ2n) is 8.89.